The van der Waals surface area contributed by atoms with Gasteiger partial charge in [-0.15, -0.1) is 0 Å². The van der Waals surface area contributed by atoms with Crippen molar-refractivity contribution in [3.63, 3.8) is 0 Å². The molecule has 1 aliphatic heterocycles. The summed E-state index contributed by atoms with van der Waals surface area (Å²) in [7, 11) is 0. The molecule has 3 unspecified atom stereocenters. The molecule has 1 aromatic carbocycles. The molecular weight excluding hydrogens is 252 g/mol. The van der Waals surface area contributed by atoms with E-state index in [1.165, 1.54) is 0 Å². The molecular formula is C16H24N2O2. The maximum atomic E-state index is 11.5. The predicted molar refractivity (Wildman–Crippen MR) is 79.5 cm³/mol. The van der Waals surface area contributed by atoms with Crippen molar-refractivity contribution in [2.45, 2.75) is 58.2 Å². The summed E-state index contributed by atoms with van der Waals surface area (Å²) in [5.41, 5.74) is 7.79. The minimum Gasteiger partial charge on any atom is -0.487 e. The number of fused-ring (bicyclic) bond motifs is 1. The third-order valence-electron chi connectivity index (χ3n) is 4.05. The van der Waals surface area contributed by atoms with Crippen LogP contribution in [0.25, 0.3) is 0 Å². The van der Waals surface area contributed by atoms with E-state index in [4.69, 9.17) is 10.5 Å². The van der Waals surface area contributed by atoms with Crippen LogP contribution in [0.3, 0.4) is 0 Å². The van der Waals surface area contributed by atoms with E-state index < -0.39 is 0 Å². The molecule has 0 radical (unpaired) electrons. The van der Waals surface area contributed by atoms with Crippen LogP contribution in [0.1, 0.15) is 63.7 Å². The first-order valence-electron chi connectivity index (χ1n) is 7.20. The van der Waals surface area contributed by atoms with Gasteiger partial charge in [0.1, 0.15) is 11.4 Å². The quantitative estimate of drug-likeness (QED) is 0.892. The Morgan fingerprint density at radius 2 is 2.30 bits per heavy atom. The van der Waals surface area contributed by atoms with Crippen LogP contribution in [0.4, 0.5) is 0 Å². The largest absolute Gasteiger partial charge is 0.487 e. The predicted octanol–water partition coefficient (Wildman–Crippen LogP) is 2.83. The van der Waals surface area contributed by atoms with Gasteiger partial charge in [0.15, 0.2) is 0 Å². The summed E-state index contributed by atoms with van der Waals surface area (Å²) in [5, 5.41) is 3.03. The second-order valence-corrected chi connectivity index (χ2v) is 5.95. The van der Waals surface area contributed by atoms with Gasteiger partial charge in [-0.25, -0.2) is 0 Å². The van der Waals surface area contributed by atoms with Crippen molar-refractivity contribution < 1.29 is 9.53 Å². The van der Waals surface area contributed by atoms with Crippen molar-refractivity contribution >= 4 is 5.91 Å². The van der Waals surface area contributed by atoms with Crippen molar-refractivity contribution in [1.29, 1.82) is 0 Å². The molecule has 0 fully saturated rings. The molecule has 4 nitrogen and oxygen atoms in total. The summed E-state index contributed by atoms with van der Waals surface area (Å²) in [6.07, 6.45) is 1.68. The number of hydrogen-bond acceptors (Lipinski definition) is 3. The van der Waals surface area contributed by atoms with Gasteiger partial charge in [-0.3, -0.25) is 4.79 Å². The summed E-state index contributed by atoms with van der Waals surface area (Å²) in [6.45, 7) is 7.69. The average Bonchev–Trinajstić information content (AvgIpc) is 2.37. The number of carbonyl (C=O) groups excluding carboxylic acids is 1. The number of ether oxygens (including phenoxy) is 1. The van der Waals surface area contributed by atoms with E-state index in [0.717, 1.165) is 29.7 Å². The molecule has 1 heterocycles. The zero-order chi connectivity index (χ0) is 14.9. The number of carbonyl (C=O) groups is 1. The van der Waals surface area contributed by atoms with Crippen LogP contribution in [-0.4, -0.2) is 11.5 Å². The Balaban J connectivity index is 2.43. The topological polar surface area (TPSA) is 64.4 Å². The molecule has 1 aromatic rings. The van der Waals surface area contributed by atoms with Crippen molar-refractivity contribution in [3.05, 3.63) is 29.3 Å². The Hall–Kier alpha value is -1.55. The summed E-state index contributed by atoms with van der Waals surface area (Å²) in [5.74, 6) is 0.830. The summed E-state index contributed by atoms with van der Waals surface area (Å²) in [4.78, 5) is 11.5. The maximum Gasteiger partial charge on any atom is 0.217 e. The minimum atomic E-state index is -0.240. The van der Waals surface area contributed by atoms with Crippen LogP contribution >= 0.6 is 0 Å². The molecule has 0 spiro atoms. The Bertz CT molecular complexity index is 513. The first kappa shape index (κ1) is 14.9. The van der Waals surface area contributed by atoms with Crippen LogP contribution in [0.5, 0.6) is 5.75 Å². The Morgan fingerprint density at radius 1 is 1.60 bits per heavy atom. The van der Waals surface area contributed by atoms with E-state index in [1.807, 2.05) is 19.1 Å². The van der Waals surface area contributed by atoms with Gasteiger partial charge in [0.2, 0.25) is 5.91 Å². The van der Waals surface area contributed by atoms with E-state index in [1.54, 1.807) is 6.92 Å². The molecule has 1 aliphatic rings. The van der Waals surface area contributed by atoms with Gasteiger partial charge in [-0.05, 0) is 38.0 Å². The zero-order valence-electron chi connectivity index (χ0n) is 12.7. The fourth-order valence-corrected chi connectivity index (χ4v) is 2.65. The van der Waals surface area contributed by atoms with E-state index >= 15 is 0 Å². The van der Waals surface area contributed by atoms with E-state index in [0.29, 0.717) is 0 Å². The molecule has 4 heteroatoms. The highest BCUT2D eigenvalue weighted by atomic mass is 16.5. The third kappa shape index (κ3) is 2.96. The number of benzene rings is 1. The molecule has 3 atom stereocenters. The third-order valence-corrected chi connectivity index (χ3v) is 4.05. The van der Waals surface area contributed by atoms with Gasteiger partial charge in [-0.2, -0.15) is 0 Å². The standard InChI is InChI=1S/C16H24N2O2/c1-5-16(4)9-14(18-11(3)19)13-8-12(10(2)17)6-7-15(13)20-16/h6-8,10,14H,5,9,17H2,1-4H3,(H,18,19). The number of hydrogen-bond donors (Lipinski definition) is 2. The van der Waals surface area contributed by atoms with Crippen LogP contribution in [-0.2, 0) is 4.79 Å². The summed E-state index contributed by atoms with van der Waals surface area (Å²) < 4.78 is 6.12. The summed E-state index contributed by atoms with van der Waals surface area (Å²) >= 11 is 0. The van der Waals surface area contributed by atoms with Gasteiger partial charge < -0.3 is 15.8 Å². The molecule has 2 rings (SSSR count). The monoisotopic (exact) mass is 276 g/mol. The molecule has 3 N–H and O–H groups in total. The number of nitrogens with one attached hydrogen (secondary N) is 1. The first-order chi connectivity index (χ1) is 9.34. The van der Waals surface area contributed by atoms with E-state index in [2.05, 4.69) is 25.2 Å². The second kappa shape index (κ2) is 5.44. The average molecular weight is 276 g/mol. The highest BCUT2D eigenvalue weighted by molar-refractivity contribution is 5.73. The molecule has 0 aliphatic carbocycles. The van der Waals surface area contributed by atoms with Crippen molar-refractivity contribution in [2.75, 3.05) is 0 Å². The molecule has 0 saturated carbocycles. The number of rotatable bonds is 3. The normalized spacial score (nSPS) is 26.4. The molecule has 0 aromatic heterocycles. The van der Waals surface area contributed by atoms with E-state index in [9.17, 15) is 4.79 Å². The minimum absolute atomic E-state index is 0.0140. The fraction of sp³-hybridized carbons (Fsp3) is 0.562. The van der Waals surface area contributed by atoms with Crippen molar-refractivity contribution in [3.8, 4) is 5.75 Å². The SMILES string of the molecule is CCC1(C)CC(NC(C)=O)c2cc(C(C)N)ccc2O1. The van der Waals surface area contributed by atoms with Crippen LogP contribution in [0, 0.1) is 0 Å². The lowest BCUT2D eigenvalue weighted by molar-refractivity contribution is -0.120. The zero-order valence-corrected chi connectivity index (χ0v) is 12.7. The molecule has 20 heavy (non-hydrogen) atoms. The van der Waals surface area contributed by atoms with E-state index in [-0.39, 0.29) is 23.6 Å². The van der Waals surface area contributed by atoms with Crippen LogP contribution < -0.4 is 15.8 Å². The molecule has 0 bridgehead atoms. The van der Waals surface area contributed by atoms with Crippen molar-refractivity contribution in [1.82, 2.24) is 5.32 Å². The molecule has 0 saturated heterocycles. The van der Waals surface area contributed by atoms with Crippen molar-refractivity contribution in [2.24, 2.45) is 5.73 Å². The lowest BCUT2D eigenvalue weighted by atomic mass is 9.85. The Labute approximate surface area is 120 Å². The lowest BCUT2D eigenvalue weighted by Gasteiger charge is -2.40. The summed E-state index contributed by atoms with van der Waals surface area (Å²) in [6, 6.07) is 5.97. The fourth-order valence-electron chi connectivity index (χ4n) is 2.65. The van der Waals surface area contributed by atoms with Gasteiger partial charge in [0.25, 0.3) is 0 Å². The Morgan fingerprint density at radius 3 is 2.85 bits per heavy atom. The number of nitrogens with two attached hydrogens (primary N) is 1. The number of amides is 1. The van der Waals surface area contributed by atoms with Crippen LogP contribution in [0.15, 0.2) is 18.2 Å². The first-order valence-corrected chi connectivity index (χ1v) is 7.20. The lowest BCUT2D eigenvalue weighted by Crippen LogP contribution is -2.42. The highest BCUT2D eigenvalue weighted by Crippen LogP contribution is 2.41. The maximum absolute atomic E-state index is 11.5. The Kier molecular flexibility index (Phi) is 4.04. The molecule has 1 amide bonds. The van der Waals surface area contributed by atoms with Gasteiger partial charge in [-0.1, -0.05) is 13.0 Å². The van der Waals surface area contributed by atoms with Gasteiger partial charge >= 0.3 is 0 Å². The highest BCUT2D eigenvalue weighted by Gasteiger charge is 2.36. The molecule has 110 valence electrons. The van der Waals surface area contributed by atoms with Crippen LogP contribution in [0.2, 0.25) is 0 Å². The second-order valence-electron chi connectivity index (χ2n) is 5.95. The van der Waals surface area contributed by atoms with Gasteiger partial charge in [0.05, 0.1) is 6.04 Å². The smallest absolute Gasteiger partial charge is 0.217 e. The van der Waals surface area contributed by atoms with Gasteiger partial charge in [0, 0.05) is 24.9 Å².